The summed E-state index contributed by atoms with van der Waals surface area (Å²) in [7, 11) is 0. The van der Waals surface area contributed by atoms with Crippen molar-refractivity contribution in [3.63, 3.8) is 0 Å². The summed E-state index contributed by atoms with van der Waals surface area (Å²) in [5.74, 6) is 0. The largest absolute Gasteiger partial charge is 0.338 e. The molecular formula is C9H7N3O. The lowest BCUT2D eigenvalue weighted by molar-refractivity contribution is 0.228. The highest BCUT2D eigenvalue weighted by Gasteiger charge is 2.09. The molecule has 0 atom stereocenters. The second-order valence-corrected chi connectivity index (χ2v) is 2.46. The van der Waals surface area contributed by atoms with Gasteiger partial charge in [0.15, 0.2) is 0 Å². The standard InChI is InChI=1S/C9H7N3O/c13-9(12-7-4-10-8-12)11-5-2-1-3-6-11/h1-2,4-8H. The molecule has 1 aliphatic heterocycles. The van der Waals surface area contributed by atoms with Crippen LogP contribution < -0.4 is 0 Å². The molecule has 0 fully saturated rings. The summed E-state index contributed by atoms with van der Waals surface area (Å²) < 4.78 is 1.40. The van der Waals surface area contributed by atoms with Gasteiger partial charge in [-0.25, -0.2) is 9.78 Å². The van der Waals surface area contributed by atoms with Gasteiger partial charge in [0, 0.05) is 18.6 Å². The Labute approximate surface area is 75.1 Å². The van der Waals surface area contributed by atoms with E-state index in [1.54, 1.807) is 36.9 Å². The number of carbonyl (C=O) groups excluding carboxylic acids is 1. The summed E-state index contributed by atoms with van der Waals surface area (Å²) in [5.41, 5.74) is 2.81. The predicted octanol–water partition coefficient (Wildman–Crippen LogP) is 1.35. The molecule has 0 radical (unpaired) electrons. The van der Waals surface area contributed by atoms with Crippen LogP contribution in [-0.4, -0.2) is 20.5 Å². The first-order valence-corrected chi connectivity index (χ1v) is 3.78. The smallest absolute Gasteiger partial charge is 0.269 e. The fourth-order valence-corrected chi connectivity index (χ4v) is 0.982. The van der Waals surface area contributed by atoms with Crippen molar-refractivity contribution < 1.29 is 4.79 Å². The molecule has 1 aromatic rings. The molecule has 0 saturated carbocycles. The number of allylic oxidation sites excluding steroid dienone is 2. The number of rotatable bonds is 0. The second-order valence-electron chi connectivity index (χ2n) is 2.46. The molecule has 2 heterocycles. The Hall–Kier alpha value is -2.06. The third kappa shape index (κ3) is 1.43. The molecule has 0 saturated heterocycles. The minimum absolute atomic E-state index is 0.172. The number of hydrogen-bond acceptors (Lipinski definition) is 2. The van der Waals surface area contributed by atoms with E-state index in [0.717, 1.165) is 0 Å². The molecule has 13 heavy (non-hydrogen) atoms. The van der Waals surface area contributed by atoms with Crippen LogP contribution in [0.2, 0.25) is 0 Å². The summed E-state index contributed by atoms with van der Waals surface area (Å²) in [4.78, 5) is 16.8. The van der Waals surface area contributed by atoms with Crippen molar-refractivity contribution in [2.24, 2.45) is 0 Å². The fourth-order valence-electron chi connectivity index (χ4n) is 0.982. The van der Waals surface area contributed by atoms with Crippen molar-refractivity contribution in [3.8, 4) is 0 Å². The Morgan fingerprint density at radius 2 is 2.38 bits per heavy atom. The van der Waals surface area contributed by atoms with Gasteiger partial charge >= 0.3 is 6.03 Å². The van der Waals surface area contributed by atoms with E-state index >= 15 is 0 Å². The van der Waals surface area contributed by atoms with Crippen LogP contribution in [-0.2, 0) is 0 Å². The van der Waals surface area contributed by atoms with Crippen molar-refractivity contribution in [1.82, 2.24) is 14.5 Å². The molecular weight excluding hydrogens is 166 g/mol. The number of imidazole rings is 1. The van der Waals surface area contributed by atoms with E-state index in [0.29, 0.717) is 0 Å². The third-order valence-corrected chi connectivity index (χ3v) is 1.60. The number of amides is 1. The van der Waals surface area contributed by atoms with Crippen LogP contribution in [0.4, 0.5) is 4.79 Å². The lowest BCUT2D eigenvalue weighted by Crippen LogP contribution is -2.24. The van der Waals surface area contributed by atoms with Gasteiger partial charge in [-0.1, -0.05) is 0 Å². The number of aromatic nitrogens is 2. The Bertz CT molecular complexity index is 397. The quantitative estimate of drug-likeness (QED) is 0.555. The number of nitrogens with zero attached hydrogens (tertiary/aromatic N) is 3. The minimum atomic E-state index is -0.172. The number of carbonyl (C=O) groups is 1. The van der Waals surface area contributed by atoms with Crippen LogP contribution >= 0.6 is 0 Å². The van der Waals surface area contributed by atoms with Crippen LogP contribution in [0.15, 0.2) is 49.0 Å². The molecule has 4 heteroatoms. The first kappa shape index (κ1) is 7.58. The van der Waals surface area contributed by atoms with Gasteiger partial charge in [-0.15, -0.1) is 5.73 Å². The van der Waals surface area contributed by atoms with Crippen LogP contribution in [0.3, 0.4) is 0 Å². The van der Waals surface area contributed by atoms with Gasteiger partial charge < -0.3 is 0 Å². The van der Waals surface area contributed by atoms with Gasteiger partial charge in [0.1, 0.15) is 6.33 Å². The molecule has 0 unspecified atom stereocenters. The highest BCUT2D eigenvalue weighted by Crippen LogP contribution is 2.01. The maximum Gasteiger partial charge on any atom is 0.338 e. The van der Waals surface area contributed by atoms with Crippen LogP contribution in [0.25, 0.3) is 0 Å². The van der Waals surface area contributed by atoms with E-state index in [1.165, 1.54) is 15.8 Å². The third-order valence-electron chi connectivity index (χ3n) is 1.60. The zero-order valence-corrected chi connectivity index (χ0v) is 6.79. The SMILES string of the molecule is O=C(N1C=C=CC=C1)n1ccnc1. The first-order valence-electron chi connectivity index (χ1n) is 3.78. The van der Waals surface area contributed by atoms with E-state index in [2.05, 4.69) is 10.7 Å². The minimum Gasteiger partial charge on any atom is -0.269 e. The van der Waals surface area contributed by atoms with Crippen LogP contribution in [0.5, 0.6) is 0 Å². The zero-order chi connectivity index (χ0) is 9.10. The van der Waals surface area contributed by atoms with Crippen molar-refractivity contribution in [3.05, 3.63) is 49.0 Å². The Morgan fingerprint density at radius 1 is 1.46 bits per heavy atom. The zero-order valence-electron chi connectivity index (χ0n) is 6.79. The molecule has 0 bridgehead atoms. The average molecular weight is 173 g/mol. The molecule has 1 aliphatic rings. The van der Waals surface area contributed by atoms with Crippen molar-refractivity contribution in [2.45, 2.75) is 0 Å². The summed E-state index contributed by atoms with van der Waals surface area (Å²) in [5, 5.41) is 0. The van der Waals surface area contributed by atoms with E-state index < -0.39 is 0 Å². The topological polar surface area (TPSA) is 38.1 Å². The molecule has 0 aliphatic carbocycles. The highest BCUT2D eigenvalue weighted by molar-refractivity contribution is 5.78. The molecule has 1 aromatic heterocycles. The first-order chi connectivity index (χ1) is 6.38. The van der Waals surface area contributed by atoms with Crippen molar-refractivity contribution in [1.29, 1.82) is 0 Å². The highest BCUT2D eigenvalue weighted by atomic mass is 16.2. The monoisotopic (exact) mass is 173 g/mol. The normalized spacial score (nSPS) is 13.7. The Balaban J connectivity index is 2.24. The fraction of sp³-hybridized carbons (Fsp3) is 0. The maximum absolute atomic E-state index is 11.6. The van der Waals surface area contributed by atoms with E-state index in [9.17, 15) is 4.79 Å². The lowest BCUT2D eigenvalue weighted by Gasteiger charge is -2.12. The molecule has 0 spiro atoms. The van der Waals surface area contributed by atoms with E-state index in [-0.39, 0.29) is 6.03 Å². The van der Waals surface area contributed by atoms with Gasteiger partial charge in [0.25, 0.3) is 0 Å². The maximum atomic E-state index is 11.6. The second kappa shape index (κ2) is 3.13. The summed E-state index contributed by atoms with van der Waals surface area (Å²) in [6, 6.07) is -0.172. The molecule has 4 nitrogen and oxygen atoms in total. The Kier molecular flexibility index (Phi) is 1.82. The van der Waals surface area contributed by atoms with Gasteiger partial charge in [-0.2, -0.15) is 0 Å². The average Bonchev–Trinajstić information content (AvgIpc) is 2.71. The van der Waals surface area contributed by atoms with Crippen LogP contribution in [0, 0.1) is 0 Å². The van der Waals surface area contributed by atoms with Gasteiger partial charge in [-0.05, 0) is 12.2 Å². The van der Waals surface area contributed by atoms with E-state index in [4.69, 9.17) is 0 Å². The molecule has 0 aromatic carbocycles. The van der Waals surface area contributed by atoms with Gasteiger partial charge in [0.05, 0.1) is 6.20 Å². The Morgan fingerprint density at radius 3 is 3.00 bits per heavy atom. The molecule has 2 rings (SSSR count). The molecule has 0 N–H and O–H groups in total. The lowest BCUT2D eigenvalue weighted by atomic mass is 10.4. The molecule has 1 amide bonds. The van der Waals surface area contributed by atoms with Gasteiger partial charge in [0.2, 0.25) is 0 Å². The predicted molar refractivity (Wildman–Crippen MR) is 46.7 cm³/mol. The van der Waals surface area contributed by atoms with Gasteiger partial charge in [-0.3, -0.25) is 9.47 Å². The van der Waals surface area contributed by atoms with Crippen molar-refractivity contribution in [2.75, 3.05) is 0 Å². The van der Waals surface area contributed by atoms with E-state index in [1.807, 2.05) is 0 Å². The molecule has 64 valence electrons. The summed E-state index contributed by atoms with van der Waals surface area (Å²) in [6.45, 7) is 0. The van der Waals surface area contributed by atoms with Crippen LogP contribution in [0.1, 0.15) is 0 Å². The summed E-state index contributed by atoms with van der Waals surface area (Å²) >= 11 is 0. The summed E-state index contributed by atoms with van der Waals surface area (Å²) in [6.07, 6.45) is 11.3. The number of hydrogen-bond donors (Lipinski definition) is 0. The van der Waals surface area contributed by atoms with Crippen molar-refractivity contribution >= 4 is 6.03 Å².